The highest BCUT2D eigenvalue weighted by Gasteiger charge is 2.29. The van der Waals surface area contributed by atoms with Crippen molar-refractivity contribution in [2.24, 2.45) is 0 Å². The highest BCUT2D eigenvalue weighted by molar-refractivity contribution is 7.89. The van der Waals surface area contributed by atoms with Crippen LogP contribution in [-0.4, -0.2) is 37.8 Å². The first-order valence-electron chi connectivity index (χ1n) is 10.1. The molecule has 0 spiro atoms. The lowest BCUT2D eigenvalue weighted by molar-refractivity contribution is 0.102. The first-order chi connectivity index (χ1) is 14.2. The number of anilines is 1. The summed E-state index contributed by atoms with van der Waals surface area (Å²) in [5.41, 5.74) is 1.44. The number of nitrogens with one attached hydrogen (secondary N) is 1. The largest absolute Gasteiger partial charge is 0.491 e. The minimum Gasteiger partial charge on any atom is -0.491 e. The van der Waals surface area contributed by atoms with Crippen molar-refractivity contribution in [3.05, 3.63) is 53.3 Å². The third-order valence-electron chi connectivity index (χ3n) is 4.94. The van der Waals surface area contributed by atoms with Crippen molar-refractivity contribution >= 4 is 21.6 Å². The van der Waals surface area contributed by atoms with Gasteiger partial charge in [0.05, 0.1) is 6.10 Å². The van der Waals surface area contributed by atoms with Gasteiger partial charge in [-0.1, -0.05) is 6.42 Å². The van der Waals surface area contributed by atoms with Crippen LogP contribution in [0.4, 0.5) is 10.1 Å². The summed E-state index contributed by atoms with van der Waals surface area (Å²) in [5, 5.41) is 2.76. The number of benzene rings is 2. The van der Waals surface area contributed by atoms with Crippen molar-refractivity contribution in [3.63, 3.8) is 0 Å². The summed E-state index contributed by atoms with van der Waals surface area (Å²) in [6.07, 6.45) is 2.48. The van der Waals surface area contributed by atoms with Crippen LogP contribution in [0.2, 0.25) is 0 Å². The summed E-state index contributed by atoms with van der Waals surface area (Å²) in [7, 11) is -3.99. The third-order valence-corrected chi connectivity index (χ3v) is 6.86. The Morgan fingerprint density at radius 2 is 1.80 bits per heavy atom. The number of nitrogens with zero attached hydrogens (tertiary/aromatic N) is 1. The molecule has 0 saturated carbocycles. The van der Waals surface area contributed by atoms with Gasteiger partial charge in [-0.3, -0.25) is 4.79 Å². The molecule has 1 saturated heterocycles. The average Bonchev–Trinajstić information content (AvgIpc) is 2.70. The molecular formula is C22H27FN2O4S. The summed E-state index contributed by atoms with van der Waals surface area (Å²) < 4.78 is 47.0. The van der Waals surface area contributed by atoms with E-state index in [9.17, 15) is 17.6 Å². The smallest absolute Gasteiger partial charge is 0.255 e. The lowest BCUT2D eigenvalue weighted by Gasteiger charge is -2.26. The zero-order chi connectivity index (χ0) is 21.9. The Morgan fingerprint density at radius 1 is 1.10 bits per heavy atom. The number of sulfonamides is 1. The highest BCUT2D eigenvalue weighted by Crippen LogP contribution is 2.26. The first kappa shape index (κ1) is 22.2. The van der Waals surface area contributed by atoms with Gasteiger partial charge in [-0.05, 0) is 75.6 Å². The molecule has 2 aromatic rings. The van der Waals surface area contributed by atoms with Crippen molar-refractivity contribution in [2.75, 3.05) is 18.4 Å². The van der Waals surface area contributed by atoms with Gasteiger partial charge in [0.25, 0.3) is 5.91 Å². The standard InChI is InChI=1S/C22H27FN2O4S/c1-15(2)29-18-8-10-20(16(3)13-18)24-22(26)17-7-9-19(23)21(14-17)30(27,28)25-11-5-4-6-12-25/h7-10,13-15H,4-6,11-12H2,1-3H3,(H,24,26). The maximum Gasteiger partial charge on any atom is 0.255 e. The van der Waals surface area contributed by atoms with Gasteiger partial charge in [-0.2, -0.15) is 4.31 Å². The number of rotatable bonds is 6. The van der Waals surface area contributed by atoms with E-state index >= 15 is 0 Å². The van der Waals surface area contributed by atoms with E-state index in [1.165, 1.54) is 10.4 Å². The summed E-state index contributed by atoms with van der Waals surface area (Å²) in [4.78, 5) is 12.3. The fourth-order valence-corrected chi connectivity index (χ4v) is 5.01. The second kappa shape index (κ2) is 9.14. The number of halogens is 1. The predicted molar refractivity (Wildman–Crippen MR) is 114 cm³/mol. The number of carbonyl (C=O) groups is 1. The average molecular weight is 435 g/mol. The molecule has 0 aliphatic carbocycles. The molecule has 0 atom stereocenters. The van der Waals surface area contributed by atoms with Gasteiger partial charge in [-0.15, -0.1) is 0 Å². The second-order valence-electron chi connectivity index (χ2n) is 7.71. The molecule has 162 valence electrons. The summed E-state index contributed by atoms with van der Waals surface area (Å²) in [5.74, 6) is -0.675. The van der Waals surface area contributed by atoms with Crippen LogP contribution in [0, 0.1) is 12.7 Å². The van der Waals surface area contributed by atoms with E-state index in [1.807, 2.05) is 26.8 Å². The van der Waals surface area contributed by atoms with Gasteiger partial charge in [0.2, 0.25) is 10.0 Å². The Balaban J connectivity index is 1.83. The molecule has 0 aromatic heterocycles. The van der Waals surface area contributed by atoms with E-state index in [2.05, 4.69) is 5.32 Å². The molecule has 8 heteroatoms. The number of aryl methyl sites for hydroxylation is 1. The van der Waals surface area contributed by atoms with Gasteiger partial charge in [0.1, 0.15) is 16.5 Å². The highest BCUT2D eigenvalue weighted by atomic mass is 32.2. The molecular weight excluding hydrogens is 407 g/mol. The third kappa shape index (κ3) is 4.99. The molecule has 2 aromatic carbocycles. The van der Waals surface area contributed by atoms with Gasteiger partial charge in [-0.25, -0.2) is 12.8 Å². The van der Waals surface area contributed by atoms with Crippen LogP contribution < -0.4 is 10.1 Å². The fourth-order valence-electron chi connectivity index (χ4n) is 3.40. The van der Waals surface area contributed by atoms with Crippen LogP contribution >= 0.6 is 0 Å². The van der Waals surface area contributed by atoms with Crippen LogP contribution in [0.25, 0.3) is 0 Å². The number of carbonyl (C=O) groups excluding carboxylic acids is 1. The van der Waals surface area contributed by atoms with Crippen LogP contribution in [0.5, 0.6) is 5.75 Å². The first-order valence-corrected chi connectivity index (χ1v) is 11.5. The maximum atomic E-state index is 14.4. The molecule has 1 N–H and O–H groups in total. The Kier molecular flexibility index (Phi) is 6.77. The van der Waals surface area contributed by atoms with Gasteiger partial charge >= 0.3 is 0 Å². The van der Waals surface area contributed by atoms with Crippen molar-refractivity contribution in [1.29, 1.82) is 0 Å². The van der Waals surface area contributed by atoms with E-state index in [0.29, 0.717) is 24.5 Å². The fraction of sp³-hybridized carbons (Fsp3) is 0.409. The summed E-state index contributed by atoms with van der Waals surface area (Å²) in [6, 6.07) is 8.70. The molecule has 3 rings (SSSR count). The van der Waals surface area contributed by atoms with Crippen LogP contribution in [0.3, 0.4) is 0 Å². The van der Waals surface area contributed by atoms with Crippen LogP contribution in [-0.2, 0) is 10.0 Å². The number of amides is 1. The van der Waals surface area contributed by atoms with Gasteiger partial charge < -0.3 is 10.1 Å². The Labute approximate surface area is 177 Å². The zero-order valence-corrected chi connectivity index (χ0v) is 18.3. The van der Waals surface area contributed by atoms with E-state index in [-0.39, 0.29) is 11.7 Å². The number of hydrogen-bond donors (Lipinski definition) is 1. The van der Waals surface area contributed by atoms with E-state index in [4.69, 9.17) is 4.74 Å². The molecule has 1 aliphatic heterocycles. The summed E-state index contributed by atoms with van der Waals surface area (Å²) >= 11 is 0. The normalized spacial score (nSPS) is 15.2. The van der Waals surface area contributed by atoms with Gasteiger partial charge in [0, 0.05) is 24.3 Å². The lowest BCUT2D eigenvalue weighted by Crippen LogP contribution is -2.36. The van der Waals surface area contributed by atoms with Crippen molar-refractivity contribution in [2.45, 2.75) is 51.0 Å². The predicted octanol–water partition coefficient (Wildman–Crippen LogP) is 4.35. The molecule has 0 radical (unpaired) electrons. The van der Waals surface area contributed by atoms with E-state index in [0.717, 1.165) is 37.0 Å². The second-order valence-corrected chi connectivity index (χ2v) is 9.61. The minimum absolute atomic E-state index is 0.0318. The maximum absolute atomic E-state index is 14.4. The lowest BCUT2D eigenvalue weighted by atomic mass is 10.1. The molecule has 0 bridgehead atoms. The minimum atomic E-state index is -3.99. The topological polar surface area (TPSA) is 75.7 Å². The van der Waals surface area contributed by atoms with Crippen molar-refractivity contribution in [1.82, 2.24) is 4.31 Å². The van der Waals surface area contributed by atoms with Crippen LogP contribution in [0.1, 0.15) is 49.0 Å². The molecule has 0 unspecified atom stereocenters. The Morgan fingerprint density at radius 3 is 2.43 bits per heavy atom. The van der Waals surface area contributed by atoms with Crippen molar-refractivity contribution in [3.8, 4) is 5.75 Å². The quantitative estimate of drug-likeness (QED) is 0.734. The molecule has 1 amide bonds. The van der Waals surface area contributed by atoms with Crippen LogP contribution in [0.15, 0.2) is 41.3 Å². The Bertz CT molecular complexity index is 1030. The molecule has 6 nitrogen and oxygen atoms in total. The van der Waals surface area contributed by atoms with E-state index in [1.54, 1.807) is 12.1 Å². The summed E-state index contributed by atoms with van der Waals surface area (Å²) in [6.45, 7) is 6.41. The van der Waals surface area contributed by atoms with E-state index < -0.39 is 26.6 Å². The SMILES string of the molecule is Cc1cc(OC(C)C)ccc1NC(=O)c1ccc(F)c(S(=O)(=O)N2CCCCC2)c1. The Hall–Kier alpha value is -2.45. The monoisotopic (exact) mass is 434 g/mol. The van der Waals surface area contributed by atoms with Gasteiger partial charge in [0.15, 0.2) is 0 Å². The number of ether oxygens (including phenoxy) is 1. The number of piperidine rings is 1. The molecule has 1 heterocycles. The number of hydrogen-bond acceptors (Lipinski definition) is 4. The molecule has 30 heavy (non-hydrogen) atoms. The zero-order valence-electron chi connectivity index (χ0n) is 17.4. The molecule has 1 fully saturated rings. The van der Waals surface area contributed by atoms with Crippen molar-refractivity contribution < 1.29 is 22.3 Å². The molecule has 1 aliphatic rings.